The number of aliphatic hydroxyl groups is 4. The first-order valence-electron chi connectivity index (χ1n) is 9.82. The van der Waals surface area contributed by atoms with Crippen LogP contribution in [0.5, 0.6) is 0 Å². The summed E-state index contributed by atoms with van der Waals surface area (Å²) in [5.41, 5.74) is -6.12. The van der Waals surface area contributed by atoms with Crippen LogP contribution in [0.3, 0.4) is 0 Å². The van der Waals surface area contributed by atoms with Gasteiger partial charge in [0.1, 0.15) is 6.61 Å². The summed E-state index contributed by atoms with van der Waals surface area (Å²) in [6.45, 7) is 2.33. The van der Waals surface area contributed by atoms with Crippen LogP contribution < -0.4 is 0 Å². The van der Waals surface area contributed by atoms with Crippen LogP contribution in [0.15, 0.2) is 23.8 Å². The third kappa shape index (κ3) is 2.01. The van der Waals surface area contributed by atoms with E-state index in [0.717, 1.165) is 0 Å². The van der Waals surface area contributed by atoms with Gasteiger partial charge in [-0.2, -0.15) is 0 Å². The average molecular weight is 394 g/mol. The first-order valence-corrected chi connectivity index (χ1v) is 9.82. The zero-order chi connectivity index (χ0) is 20.7. The Morgan fingerprint density at radius 3 is 2.57 bits per heavy atom. The lowest BCUT2D eigenvalue weighted by molar-refractivity contribution is -0.222. The Hall–Kier alpha value is -1.41. The van der Waals surface area contributed by atoms with Gasteiger partial charge in [0.05, 0.1) is 12.2 Å². The fraction of sp³-hybridized carbons (Fsp3) is 0.714. The van der Waals surface area contributed by atoms with Gasteiger partial charge in [0, 0.05) is 16.7 Å². The van der Waals surface area contributed by atoms with Gasteiger partial charge in [-0.1, -0.05) is 18.6 Å². The molecule has 0 amide bonds. The molecule has 4 rings (SSSR count). The predicted octanol–water partition coefficient (Wildman–Crippen LogP) is 0.620. The van der Waals surface area contributed by atoms with Crippen molar-refractivity contribution in [3.63, 3.8) is 0 Å². The van der Waals surface area contributed by atoms with Crippen molar-refractivity contribution in [3.8, 4) is 0 Å². The summed E-state index contributed by atoms with van der Waals surface area (Å²) in [5.74, 6) is -2.38. The number of carbonyl (C=O) groups is 2. The van der Waals surface area contributed by atoms with Crippen LogP contribution in [0, 0.1) is 22.7 Å². The Kier molecular flexibility index (Phi) is 4.13. The van der Waals surface area contributed by atoms with E-state index < -0.39 is 58.5 Å². The molecule has 7 heteroatoms. The van der Waals surface area contributed by atoms with Crippen LogP contribution in [-0.2, 0) is 9.59 Å². The Bertz CT molecular complexity index is 807. The molecule has 3 fully saturated rings. The summed E-state index contributed by atoms with van der Waals surface area (Å²) in [4.78, 5) is 24.2. The smallest absolute Gasteiger partial charge is 0.192 e. The second kappa shape index (κ2) is 5.81. The Labute approximate surface area is 162 Å². The lowest BCUT2D eigenvalue weighted by Crippen LogP contribution is -2.69. The van der Waals surface area contributed by atoms with Crippen molar-refractivity contribution in [1.29, 1.82) is 0 Å². The highest BCUT2D eigenvalue weighted by Crippen LogP contribution is 2.69. The highest BCUT2D eigenvalue weighted by Gasteiger charge is 2.76. The monoisotopic (exact) mass is 394 g/mol. The molecule has 0 saturated heterocycles. The Morgan fingerprint density at radius 1 is 1.25 bits per heavy atom. The number of allylic oxidation sites excluding steroid dienone is 4. The predicted molar refractivity (Wildman–Crippen MR) is 96.8 cm³/mol. The second-order valence-corrected chi connectivity index (χ2v) is 9.36. The lowest BCUT2D eigenvalue weighted by Gasteiger charge is -2.62. The summed E-state index contributed by atoms with van der Waals surface area (Å²) in [6.07, 6.45) is 1.93. The van der Waals surface area contributed by atoms with Gasteiger partial charge in [-0.15, -0.1) is 0 Å². The number of rotatable bonds is 2. The van der Waals surface area contributed by atoms with E-state index in [2.05, 4.69) is 0 Å². The molecule has 0 bridgehead atoms. The summed E-state index contributed by atoms with van der Waals surface area (Å²) >= 11 is 0. The molecule has 154 valence electrons. The molecule has 0 aliphatic heterocycles. The van der Waals surface area contributed by atoms with Crippen LogP contribution in [0.25, 0.3) is 0 Å². The minimum absolute atomic E-state index is 0.0135. The topological polar surface area (TPSA) is 115 Å². The third-order valence-electron chi connectivity index (χ3n) is 8.43. The molecule has 1 unspecified atom stereocenters. The maximum Gasteiger partial charge on any atom is 0.192 e. The molecule has 0 radical (unpaired) electrons. The largest absolute Gasteiger partial charge is 0.390 e. The van der Waals surface area contributed by atoms with Gasteiger partial charge in [-0.05, 0) is 50.7 Å². The lowest BCUT2D eigenvalue weighted by atomic mass is 9.44. The molecule has 0 spiro atoms. The normalized spacial score (nSPS) is 52.5. The number of aliphatic hydroxyl groups excluding tert-OH is 3. The number of carbonyl (C=O) groups excluding carboxylic acids is 2. The highest BCUT2D eigenvalue weighted by molar-refractivity contribution is 6.01. The minimum Gasteiger partial charge on any atom is -0.390 e. The van der Waals surface area contributed by atoms with E-state index in [1.165, 1.54) is 18.2 Å². The maximum absolute atomic E-state index is 16.8. The second-order valence-electron chi connectivity index (χ2n) is 9.36. The van der Waals surface area contributed by atoms with Crippen molar-refractivity contribution in [1.82, 2.24) is 0 Å². The van der Waals surface area contributed by atoms with Crippen LogP contribution in [0.4, 0.5) is 4.39 Å². The van der Waals surface area contributed by atoms with Gasteiger partial charge in [0.2, 0.25) is 0 Å². The maximum atomic E-state index is 16.8. The quantitative estimate of drug-likeness (QED) is 0.546. The molecular weight excluding hydrogens is 367 g/mol. The molecule has 4 N–H and O–H groups in total. The first kappa shape index (κ1) is 19.9. The molecule has 28 heavy (non-hydrogen) atoms. The zero-order valence-electron chi connectivity index (χ0n) is 16.1. The van der Waals surface area contributed by atoms with Crippen LogP contribution in [0.2, 0.25) is 0 Å². The van der Waals surface area contributed by atoms with Gasteiger partial charge in [-0.3, -0.25) is 9.59 Å². The van der Waals surface area contributed by atoms with E-state index in [4.69, 9.17) is 0 Å². The summed E-state index contributed by atoms with van der Waals surface area (Å²) in [5, 5.41) is 42.1. The van der Waals surface area contributed by atoms with Crippen LogP contribution in [-0.4, -0.2) is 62.1 Å². The van der Waals surface area contributed by atoms with Crippen molar-refractivity contribution in [2.75, 3.05) is 6.61 Å². The standard InChI is InChI=1S/C21H27FO6/c1-18-6-5-12(24)7-11(18)3-4-13-14-8-15(25)21(28,17(27)10-23)19(14,2)9-16(26)20(13,18)22/h5-7,13-16,23,25-26,28H,3-4,8-10H2,1-2H3/t13-,14-,15+,16?,18-,19-,20-,21-/m0/s1. The van der Waals surface area contributed by atoms with Crippen molar-refractivity contribution >= 4 is 11.6 Å². The van der Waals surface area contributed by atoms with E-state index in [1.54, 1.807) is 13.8 Å². The van der Waals surface area contributed by atoms with Crippen molar-refractivity contribution < 1.29 is 34.4 Å². The number of hydrogen-bond acceptors (Lipinski definition) is 6. The van der Waals surface area contributed by atoms with Crippen LogP contribution in [0.1, 0.15) is 39.5 Å². The van der Waals surface area contributed by atoms with Gasteiger partial charge in [0.15, 0.2) is 22.8 Å². The fourth-order valence-electron chi connectivity index (χ4n) is 6.85. The van der Waals surface area contributed by atoms with Gasteiger partial charge in [0.25, 0.3) is 0 Å². The number of fused-ring (bicyclic) bond motifs is 5. The van der Waals surface area contributed by atoms with E-state index in [0.29, 0.717) is 18.4 Å². The van der Waals surface area contributed by atoms with Crippen molar-refractivity contribution in [2.24, 2.45) is 22.7 Å². The fourth-order valence-corrected chi connectivity index (χ4v) is 6.85. The zero-order valence-corrected chi connectivity index (χ0v) is 16.1. The molecule has 0 aromatic heterocycles. The first-order chi connectivity index (χ1) is 13.0. The average Bonchev–Trinajstić information content (AvgIpc) is 2.84. The minimum atomic E-state index is -2.23. The molecule has 0 aromatic carbocycles. The van der Waals surface area contributed by atoms with Crippen molar-refractivity contribution in [3.05, 3.63) is 23.8 Å². The number of halogens is 1. The van der Waals surface area contributed by atoms with Gasteiger partial charge >= 0.3 is 0 Å². The molecule has 4 aliphatic rings. The van der Waals surface area contributed by atoms with E-state index >= 15 is 4.39 Å². The molecule has 8 atom stereocenters. The Morgan fingerprint density at radius 2 is 1.93 bits per heavy atom. The van der Waals surface area contributed by atoms with E-state index in [9.17, 15) is 30.0 Å². The molecule has 3 saturated carbocycles. The highest BCUT2D eigenvalue weighted by atomic mass is 19.1. The van der Waals surface area contributed by atoms with Gasteiger partial charge in [-0.25, -0.2) is 4.39 Å². The summed E-state index contributed by atoms with van der Waals surface area (Å²) in [7, 11) is 0. The van der Waals surface area contributed by atoms with E-state index in [1.807, 2.05) is 0 Å². The molecule has 0 aromatic rings. The van der Waals surface area contributed by atoms with Crippen LogP contribution >= 0.6 is 0 Å². The molecule has 0 heterocycles. The Balaban J connectivity index is 1.84. The number of ketones is 2. The SMILES string of the molecule is C[C@]12C=CC(=O)C=C1CC[C@H]1[C@@H]3C[C@@H](O)[C@](O)(C(=O)CO)[C@@]3(C)CC(O)[C@@]12F. The summed E-state index contributed by atoms with van der Waals surface area (Å²) < 4.78 is 16.8. The summed E-state index contributed by atoms with van der Waals surface area (Å²) in [6, 6.07) is 0. The van der Waals surface area contributed by atoms with Gasteiger partial charge < -0.3 is 20.4 Å². The molecule has 4 aliphatic carbocycles. The number of alkyl halides is 1. The molecular formula is C21H27FO6. The number of Topliss-reactive ketones (excluding diaryl/α,β-unsaturated/α-hetero) is 1. The van der Waals surface area contributed by atoms with Crippen molar-refractivity contribution in [2.45, 2.75) is 63.0 Å². The number of hydrogen-bond donors (Lipinski definition) is 4. The molecule has 6 nitrogen and oxygen atoms in total. The van der Waals surface area contributed by atoms with E-state index in [-0.39, 0.29) is 18.6 Å². The third-order valence-corrected chi connectivity index (χ3v) is 8.43.